The van der Waals surface area contributed by atoms with E-state index in [0.29, 0.717) is 0 Å². The van der Waals surface area contributed by atoms with Gasteiger partial charge in [-0.3, -0.25) is 0 Å². The number of aromatic nitrogens is 1. The number of furan rings is 1. The fourth-order valence-electron chi connectivity index (χ4n) is 9.22. The minimum atomic E-state index is 0.863. The second-order valence-corrected chi connectivity index (χ2v) is 15.0. The average Bonchev–Trinajstić information content (AvgIpc) is 3.66. The SMILES string of the molecule is c1ccc(-c2c3c(cc4c(-c5cccc(-c6ccc(-c7ccc8c9ccccc9c9ccccc9c8c7)cc6)c5)nc5ccccc5c24)oc2ccccc23)cc1. The van der Waals surface area contributed by atoms with Gasteiger partial charge in [-0.2, -0.15) is 0 Å². The Morgan fingerprint density at radius 1 is 0.281 bits per heavy atom. The Labute approximate surface area is 328 Å². The van der Waals surface area contributed by atoms with E-state index < -0.39 is 0 Å². The number of pyridine rings is 1. The number of hydrogen-bond donors (Lipinski definition) is 0. The third kappa shape index (κ3) is 4.94. The predicted molar refractivity (Wildman–Crippen MR) is 241 cm³/mol. The van der Waals surface area contributed by atoms with Gasteiger partial charge in [-0.15, -0.1) is 0 Å². The Bertz CT molecular complexity index is 3530. The van der Waals surface area contributed by atoms with Crippen molar-refractivity contribution in [3.8, 4) is 44.6 Å². The van der Waals surface area contributed by atoms with Crippen molar-refractivity contribution in [2.75, 3.05) is 0 Å². The Balaban J connectivity index is 1.01. The van der Waals surface area contributed by atoms with E-state index in [0.717, 1.165) is 66.2 Å². The first kappa shape index (κ1) is 31.8. The highest BCUT2D eigenvalue weighted by Gasteiger charge is 2.21. The minimum absolute atomic E-state index is 0.863. The predicted octanol–water partition coefficient (Wildman–Crippen LogP) is 15.4. The Morgan fingerprint density at radius 3 is 1.53 bits per heavy atom. The molecule has 0 aliphatic rings. The second kappa shape index (κ2) is 12.5. The van der Waals surface area contributed by atoms with Gasteiger partial charge in [0.2, 0.25) is 0 Å². The molecule has 0 spiro atoms. The zero-order valence-corrected chi connectivity index (χ0v) is 30.9. The summed E-state index contributed by atoms with van der Waals surface area (Å²) in [6.45, 7) is 0. The molecular formula is C55H33NO. The first-order chi connectivity index (χ1) is 28.3. The molecule has 0 unspecified atom stereocenters. The highest BCUT2D eigenvalue weighted by Crippen LogP contribution is 2.46. The molecule has 0 aliphatic carbocycles. The summed E-state index contributed by atoms with van der Waals surface area (Å²) in [7, 11) is 0. The lowest BCUT2D eigenvalue weighted by molar-refractivity contribution is 0.669. The van der Waals surface area contributed by atoms with Crippen LogP contribution < -0.4 is 0 Å². The van der Waals surface area contributed by atoms with E-state index in [-0.39, 0.29) is 0 Å². The van der Waals surface area contributed by atoms with Gasteiger partial charge < -0.3 is 4.42 Å². The van der Waals surface area contributed by atoms with Crippen LogP contribution in [0.5, 0.6) is 0 Å². The number of benzene rings is 10. The zero-order chi connectivity index (χ0) is 37.5. The van der Waals surface area contributed by atoms with Gasteiger partial charge in [0.05, 0.1) is 11.2 Å². The van der Waals surface area contributed by atoms with Crippen molar-refractivity contribution in [1.82, 2.24) is 4.98 Å². The molecule has 10 aromatic carbocycles. The highest BCUT2D eigenvalue weighted by atomic mass is 16.3. The highest BCUT2D eigenvalue weighted by molar-refractivity contribution is 6.28. The third-order valence-corrected chi connectivity index (χ3v) is 11.8. The van der Waals surface area contributed by atoms with Crippen LogP contribution in [-0.4, -0.2) is 4.98 Å². The molecule has 0 saturated carbocycles. The van der Waals surface area contributed by atoms with Crippen molar-refractivity contribution in [2.24, 2.45) is 0 Å². The van der Waals surface area contributed by atoms with Crippen molar-refractivity contribution in [3.05, 3.63) is 200 Å². The van der Waals surface area contributed by atoms with Crippen LogP contribution in [0.4, 0.5) is 0 Å². The molecule has 0 amide bonds. The van der Waals surface area contributed by atoms with Crippen molar-refractivity contribution in [2.45, 2.75) is 0 Å². The maximum absolute atomic E-state index is 6.60. The first-order valence-electron chi connectivity index (χ1n) is 19.5. The van der Waals surface area contributed by atoms with E-state index in [2.05, 4.69) is 194 Å². The van der Waals surface area contributed by atoms with Crippen LogP contribution in [0.3, 0.4) is 0 Å². The summed E-state index contributed by atoms with van der Waals surface area (Å²) in [5.74, 6) is 0. The molecular weight excluding hydrogens is 691 g/mol. The quantitative estimate of drug-likeness (QED) is 0.169. The summed E-state index contributed by atoms with van der Waals surface area (Å²) in [5.41, 5.74) is 11.8. The molecule has 264 valence electrons. The molecule has 2 heteroatoms. The minimum Gasteiger partial charge on any atom is -0.456 e. The summed E-state index contributed by atoms with van der Waals surface area (Å²) in [6.07, 6.45) is 0. The lowest BCUT2D eigenvalue weighted by atomic mass is 9.89. The number of para-hydroxylation sites is 2. The summed E-state index contributed by atoms with van der Waals surface area (Å²) >= 11 is 0. The topological polar surface area (TPSA) is 26.0 Å². The molecule has 2 heterocycles. The molecule has 12 aromatic rings. The van der Waals surface area contributed by atoms with Crippen molar-refractivity contribution in [3.63, 3.8) is 0 Å². The molecule has 0 atom stereocenters. The van der Waals surface area contributed by atoms with E-state index in [4.69, 9.17) is 9.40 Å². The van der Waals surface area contributed by atoms with Crippen LogP contribution in [0, 0.1) is 0 Å². The van der Waals surface area contributed by atoms with E-state index in [1.54, 1.807) is 0 Å². The average molecular weight is 724 g/mol. The van der Waals surface area contributed by atoms with Crippen LogP contribution in [0.15, 0.2) is 205 Å². The largest absolute Gasteiger partial charge is 0.456 e. The Morgan fingerprint density at radius 2 is 0.807 bits per heavy atom. The number of fused-ring (bicyclic) bond motifs is 12. The summed E-state index contributed by atoms with van der Waals surface area (Å²) < 4.78 is 6.60. The third-order valence-electron chi connectivity index (χ3n) is 11.8. The van der Waals surface area contributed by atoms with Gasteiger partial charge in [0.25, 0.3) is 0 Å². The van der Waals surface area contributed by atoms with E-state index in [1.165, 1.54) is 54.4 Å². The molecule has 0 bridgehead atoms. The molecule has 0 radical (unpaired) electrons. The first-order valence-corrected chi connectivity index (χ1v) is 19.5. The molecule has 0 saturated heterocycles. The summed E-state index contributed by atoms with van der Waals surface area (Å²) in [6, 6.07) is 72.0. The number of rotatable bonds is 4. The van der Waals surface area contributed by atoms with Gasteiger partial charge in [-0.25, -0.2) is 4.98 Å². The fourth-order valence-corrected chi connectivity index (χ4v) is 9.22. The standard InChI is InChI=1S/C55H33NO/c1-2-13-36(14-3-1)52-53-45-21-8-10-23-49(45)56-55(48(53)33-51-54(52)46-22-9-11-24-50(46)57-51)39-16-12-15-37(31-39)34-25-27-35(28-26-34)38-29-30-44-42-19-5-4-17-40(42)41-18-6-7-20-43(41)47(44)32-38/h1-33H. The fraction of sp³-hybridized carbons (Fsp3) is 0. The van der Waals surface area contributed by atoms with E-state index in [1.807, 2.05) is 6.07 Å². The lowest BCUT2D eigenvalue weighted by Crippen LogP contribution is -1.93. The van der Waals surface area contributed by atoms with Gasteiger partial charge >= 0.3 is 0 Å². The van der Waals surface area contributed by atoms with Crippen molar-refractivity contribution >= 4 is 75.9 Å². The van der Waals surface area contributed by atoms with Gasteiger partial charge in [0.1, 0.15) is 11.2 Å². The maximum Gasteiger partial charge on any atom is 0.136 e. The van der Waals surface area contributed by atoms with Crippen LogP contribution in [0.25, 0.3) is 121 Å². The molecule has 0 N–H and O–H groups in total. The van der Waals surface area contributed by atoms with Crippen molar-refractivity contribution < 1.29 is 4.42 Å². The van der Waals surface area contributed by atoms with E-state index >= 15 is 0 Å². The molecule has 2 nitrogen and oxygen atoms in total. The van der Waals surface area contributed by atoms with Crippen LogP contribution >= 0.6 is 0 Å². The lowest BCUT2D eigenvalue weighted by Gasteiger charge is -2.16. The summed E-state index contributed by atoms with van der Waals surface area (Å²) in [5, 5.41) is 13.4. The van der Waals surface area contributed by atoms with E-state index in [9.17, 15) is 0 Å². The molecule has 0 aliphatic heterocycles. The number of hydrogen-bond acceptors (Lipinski definition) is 2. The van der Waals surface area contributed by atoms with Gasteiger partial charge in [0, 0.05) is 38.1 Å². The molecule has 12 rings (SSSR count). The van der Waals surface area contributed by atoms with Gasteiger partial charge in [-0.1, -0.05) is 170 Å². The molecule has 2 aromatic heterocycles. The van der Waals surface area contributed by atoms with Crippen LogP contribution in [0.1, 0.15) is 0 Å². The molecule has 0 fully saturated rings. The normalized spacial score (nSPS) is 11.9. The van der Waals surface area contributed by atoms with Gasteiger partial charge in [0.15, 0.2) is 0 Å². The Hall–Kier alpha value is -7.55. The van der Waals surface area contributed by atoms with Gasteiger partial charge in [-0.05, 0) is 90.5 Å². The maximum atomic E-state index is 6.60. The van der Waals surface area contributed by atoms with Crippen LogP contribution in [0.2, 0.25) is 0 Å². The number of nitrogens with zero attached hydrogens (tertiary/aromatic N) is 1. The second-order valence-electron chi connectivity index (χ2n) is 15.0. The van der Waals surface area contributed by atoms with Crippen molar-refractivity contribution in [1.29, 1.82) is 0 Å². The summed E-state index contributed by atoms with van der Waals surface area (Å²) in [4.78, 5) is 5.38. The zero-order valence-electron chi connectivity index (χ0n) is 30.9. The molecule has 57 heavy (non-hydrogen) atoms. The Kier molecular flexibility index (Phi) is 6.96. The monoisotopic (exact) mass is 723 g/mol. The van der Waals surface area contributed by atoms with Crippen LogP contribution in [-0.2, 0) is 0 Å². The smallest absolute Gasteiger partial charge is 0.136 e.